The minimum Gasteiger partial charge on any atom is -0.481 e. The van der Waals surface area contributed by atoms with Crippen molar-refractivity contribution < 1.29 is 19.4 Å². The van der Waals surface area contributed by atoms with Crippen LogP contribution in [0, 0.1) is 0 Å². The maximum atomic E-state index is 11.8. The Bertz CT molecular complexity index is 327. The van der Waals surface area contributed by atoms with Gasteiger partial charge in [0.1, 0.15) is 0 Å². The second-order valence-corrected chi connectivity index (χ2v) is 6.36. The fourth-order valence-electron chi connectivity index (χ4n) is 2.36. The number of carboxylic acids is 1. The van der Waals surface area contributed by atoms with Gasteiger partial charge in [-0.1, -0.05) is 13.3 Å². The third kappa shape index (κ3) is 6.00. The molecule has 20 heavy (non-hydrogen) atoms. The van der Waals surface area contributed by atoms with Crippen LogP contribution in [-0.2, 0) is 9.53 Å². The second kappa shape index (κ2) is 9.07. The number of amides is 2. The van der Waals surface area contributed by atoms with E-state index in [2.05, 4.69) is 17.6 Å². The minimum atomic E-state index is -0.936. The Kier molecular flexibility index (Phi) is 7.76. The molecule has 0 saturated heterocycles. The number of urea groups is 1. The van der Waals surface area contributed by atoms with Crippen molar-refractivity contribution in [2.24, 2.45) is 0 Å². The third-order valence-corrected chi connectivity index (χ3v) is 4.70. The number of rotatable bonds is 8. The number of nitrogens with one attached hydrogen (secondary N) is 2. The zero-order chi connectivity index (χ0) is 15.0. The molecule has 0 bridgehead atoms. The fourth-order valence-corrected chi connectivity index (χ4v) is 3.56. The van der Waals surface area contributed by atoms with Crippen molar-refractivity contribution in [2.45, 2.75) is 50.0 Å². The van der Waals surface area contributed by atoms with E-state index in [0.29, 0.717) is 5.25 Å². The molecule has 1 aliphatic rings. The van der Waals surface area contributed by atoms with Crippen molar-refractivity contribution in [1.29, 1.82) is 0 Å². The first-order valence-corrected chi connectivity index (χ1v) is 8.02. The summed E-state index contributed by atoms with van der Waals surface area (Å²) in [6.45, 7) is 2.32. The Morgan fingerprint density at radius 1 is 1.45 bits per heavy atom. The smallest absolute Gasteiger partial charge is 0.315 e. The van der Waals surface area contributed by atoms with Gasteiger partial charge in [0.15, 0.2) is 0 Å². The number of ether oxygens (including phenoxy) is 1. The maximum Gasteiger partial charge on any atom is 0.315 e. The molecule has 0 aromatic heterocycles. The molecular weight excluding hydrogens is 280 g/mol. The van der Waals surface area contributed by atoms with Gasteiger partial charge in [0.2, 0.25) is 0 Å². The van der Waals surface area contributed by atoms with E-state index in [1.807, 2.05) is 11.8 Å². The zero-order valence-electron chi connectivity index (χ0n) is 12.1. The van der Waals surface area contributed by atoms with Crippen molar-refractivity contribution in [3.8, 4) is 0 Å². The van der Waals surface area contributed by atoms with E-state index >= 15 is 0 Å². The molecule has 0 spiro atoms. The van der Waals surface area contributed by atoms with Gasteiger partial charge in [-0.25, -0.2) is 4.79 Å². The highest BCUT2D eigenvalue weighted by Crippen LogP contribution is 2.29. The Hall–Kier alpha value is -0.950. The lowest BCUT2D eigenvalue weighted by Gasteiger charge is -2.21. The summed E-state index contributed by atoms with van der Waals surface area (Å²) in [6.07, 6.45) is 2.68. The van der Waals surface area contributed by atoms with Crippen molar-refractivity contribution in [1.82, 2.24) is 10.6 Å². The standard InChI is InChI=1S/C13H24N2O4S/c1-3-20-11-6-4-5-10(11)15-13(18)14-8-9(19-2)7-12(16)17/h9-11H,3-8H2,1-2H3,(H,16,17)(H2,14,15,18). The first-order valence-electron chi connectivity index (χ1n) is 6.97. The van der Waals surface area contributed by atoms with E-state index in [9.17, 15) is 9.59 Å². The molecule has 1 rings (SSSR count). The molecule has 1 saturated carbocycles. The topological polar surface area (TPSA) is 87.7 Å². The van der Waals surface area contributed by atoms with Crippen LogP contribution < -0.4 is 10.6 Å². The lowest BCUT2D eigenvalue weighted by atomic mass is 10.2. The quantitative estimate of drug-likeness (QED) is 0.632. The number of carbonyl (C=O) groups excluding carboxylic acids is 1. The van der Waals surface area contributed by atoms with E-state index < -0.39 is 12.1 Å². The lowest BCUT2D eigenvalue weighted by molar-refractivity contribution is -0.139. The summed E-state index contributed by atoms with van der Waals surface area (Å²) < 4.78 is 5.01. The summed E-state index contributed by atoms with van der Waals surface area (Å²) in [5, 5.41) is 14.8. The summed E-state index contributed by atoms with van der Waals surface area (Å²) in [4.78, 5) is 22.4. The van der Waals surface area contributed by atoms with Crippen LogP contribution >= 0.6 is 11.8 Å². The van der Waals surface area contributed by atoms with E-state index in [4.69, 9.17) is 9.84 Å². The highest BCUT2D eigenvalue weighted by atomic mass is 32.2. The number of thioether (sulfide) groups is 1. The van der Waals surface area contributed by atoms with E-state index in [1.54, 1.807) is 0 Å². The van der Waals surface area contributed by atoms with Crippen LogP contribution in [0.25, 0.3) is 0 Å². The summed E-state index contributed by atoms with van der Waals surface area (Å²) >= 11 is 1.88. The van der Waals surface area contributed by atoms with Gasteiger partial charge < -0.3 is 20.5 Å². The van der Waals surface area contributed by atoms with E-state index in [-0.39, 0.29) is 25.0 Å². The monoisotopic (exact) mass is 304 g/mol. The molecule has 0 heterocycles. The largest absolute Gasteiger partial charge is 0.481 e. The average Bonchev–Trinajstić information content (AvgIpc) is 2.82. The summed E-state index contributed by atoms with van der Waals surface area (Å²) in [7, 11) is 1.44. The first-order chi connectivity index (χ1) is 9.56. The van der Waals surface area contributed by atoms with Gasteiger partial charge in [0, 0.05) is 24.9 Å². The number of carboxylic acid groups (broad SMARTS) is 1. The SMILES string of the molecule is CCSC1CCCC1NC(=O)NCC(CC(=O)O)OC. The van der Waals surface area contributed by atoms with Crippen molar-refractivity contribution >= 4 is 23.8 Å². The number of carbonyl (C=O) groups is 2. The Morgan fingerprint density at radius 3 is 2.80 bits per heavy atom. The molecule has 1 fully saturated rings. The highest BCUT2D eigenvalue weighted by molar-refractivity contribution is 7.99. The molecule has 0 aliphatic heterocycles. The van der Waals surface area contributed by atoms with Gasteiger partial charge in [0.25, 0.3) is 0 Å². The molecule has 7 heteroatoms. The van der Waals surface area contributed by atoms with Crippen LogP contribution in [0.3, 0.4) is 0 Å². The molecule has 1 aliphatic carbocycles. The molecule has 3 unspecified atom stereocenters. The fraction of sp³-hybridized carbons (Fsp3) is 0.846. The number of hydrogen-bond acceptors (Lipinski definition) is 4. The second-order valence-electron chi connectivity index (χ2n) is 4.84. The number of hydrogen-bond donors (Lipinski definition) is 3. The summed E-state index contributed by atoms with van der Waals surface area (Å²) in [5.74, 6) is 0.115. The lowest BCUT2D eigenvalue weighted by Crippen LogP contribution is -2.47. The van der Waals surface area contributed by atoms with Crippen LogP contribution in [0.1, 0.15) is 32.6 Å². The normalized spacial score (nSPS) is 23.3. The Labute approximate surface area is 124 Å². The summed E-state index contributed by atoms with van der Waals surface area (Å²) in [6, 6.07) is -0.0357. The molecule has 0 radical (unpaired) electrons. The zero-order valence-corrected chi connectivity index (χ0v) is 12.9. The maximum absolute atomic E-state index is 11.8. The molecule has 6 nitrogen and oxygen atoms in total. The number of aliphatic carboxylic acids is 1. The van der Waals surface area contributed by atoms with Crippen molar-refractivity contribution in [2.75, 3.05) is 19.4 Å². The summed E-state index contributed by atoms with van der Waals surface area (Å²) in [5.41, 5.74) is 0. The first kappa shape index (κ1) is 17.1. The Morgan fingerprint density at radius 2 is 2.20 bits per heavy atom. The van der Waals surface area contributed by atoms with Gasteiger partial charge in [-0.15, -0.1) is 0 Å². The van der Waals surface area contributed by atoms with E-state index in [0.717, 1.165) is 25.0 Å². The van der Waals surface area contributed by atoms with Crippen LogP contribution in [0.15, 0.2) is 0 Å². The third-order valence-electron chi connectivity index (χ3n) is 3.38. The van der Waals surface area contributed by atoms with Gasteiger partial charge in [-0.3, -0.25) is 4.79 Å². The van der Waals surface area contributed by atoms with Gasteiger partial charge in [-0.05, 0) is 18.6 Å². The average molecular weight is 304 g/mol. The Balaban J connectivity index is 2.30. The van der Waals surface area contributed by atoms with Gasteiger partial charge >= 0.3 is 12.0 Å². The molecule has 116 valence electrons. The molecule has 3 N–H and O–H groups in total. The van der Waals surface area contributed by atoms with Crippen molar-refractivity contribution in [3.05, 3.63) is 0 Å². The van der Waals surface area contributed by atoms with E-state index in [1.165, 1.54) is 7.11 Å². The minimum absolute atomic E-state index is 0.117. The van der Waals surface area contributed by atoms with Gasteiger partial charge in [0.05, 0.1) is 12.5 Å². The van der Waals surface area contributed by atoms with Crippen LogP contribution in [0.4, 0.5) is 4.79 Å². The molecule has 3 atom stereocenters. The molecule has 0 aromatic rings. The predicted molar refractivity (Wildman–Crippen MR) is 79.1 cm³/mol. The highest BCUT2D eigenvalue weighted by Gasteiger charge is 2.28. The predicted octanol–water partition coefficient (Wildman–Crippen LogP) is 1.45. The van der Waals surface area contributed by atoms with Gasteiger partial charge in [-0.2, -0.15) is 11.8 Å². The molecule has 2 amide bonds. The molecule has 0 aromatic carbocycles. The van der Waals surface area contributed by atoms with Crippen LogP contribution in [0.5, 0.6) is 0 Å². The molecular formula is C13H24N2O4S. The van der Waals surface area contributed by atoms with Crippen LogP contribution in [-0.4, -0.2) is 53.9 Å². The van der Waals surface area contributed by atoms with Crippen molar-refractivity contribution in [3.63, 3.8) is 0 Å². The number of methoxy groups -OCH3 is 1. The van der Waals surface area contributed by atoms with Crippen LogP contribution in [0.2, 0.25) is 0 Å².